The Bertz CT molecular complexity index is 555. The third-order valence-electron chi connectivity index (χ3n) is 3.68. The summed E-state index contributed by atoms with van der Waals surface area (Å²) in [7, 11) is 3.85. The summed E-state index contributed by atoms with van der Waals surface area (Å²) < 4.78 is 6.39. The third-order valence-corrected chi connectivity index (χ3v) is 4.66. The molecule has 1 N–H and O–H groups in total. The van der Waals surface area contributed by atoms with Gasteiger partial charge < -0.3 is 15.0 Å². The number of rotatable bonds is 7. The van der Waals surface area contributed by atoms with Crippen LogP contribution in [0.3, 0.4) is 0 Å². The zero-order valence-corrected chi connectivity index (χ0v) is 13.5. The highest BCUT2D eigenvalue weighted by Crippen LogP contribution is 2.28. The summed E-state index contributed by atoms with van der Waals surface area (Å²) in [6.45, 7) is 6.41. The van der Waals surface area contributed by atoms with Crippen LogP contribution in [0.25, 0.3) is 10.2 Å². The van der Waals surface area contributed by atoms with Crippen molar-refractivity contribution < 1.29 is 4.74 Å². The highest BCUT2D eigenvalue weighted by atomic mass is 32.1. The lowest BCUT2D eigenvalue weighted by Crippen LogP contribution is -2.32. The minimum absolute atomic E-state index is 0.622. The predicted octanol–water partition coefficient (Wildman–Crippen LogP) is 3.45. The largest absolute Gasteiger partial charge is 0.497 e. The second-order valence-electron chi connectivity index (χ2n) is 5.02. The van der Waals surface area contributed by atoms with Gasteiger partial charge in [-0.05, 0) is 38.6 Å². The molecule has 20 heavy (non-hydrogen) atoms. The summed E-state index contributed by atoms with van der Waals surface area (Å²) in [5.41, 5.74) is 1.02. The fourth-order valence-corrected chi connectivity index (χ4v) is 2.90. The molecule has 110 valence electrons. The Labute approximate surface area is 124 Å². The van der Waals surface area contributed by atoms with E-state index in [1.54, 1.807) is 18.4 Å². The number of nitrogens with one attached hydrogen (secondary N) is 1. The summed E-state index contributed by atoms with van der Waals surface area (Å²) in [6.07, 6.45) is 1.18. The summed E-state index contributed by atoms with van der Waals surface area (Å²) in [5.74, 6) is 0.879. The van der Waals surface area contributed by atoms with Gasteiger partial charge in [0, 0.05) is 19.1 Å². The number of thiazole rings is 1. The molecule has 2 aromatic rings. The van der Waals surface area contributed by atoms with Crippen molar-refractivity contribution in [1.29, 1.82) is 0 Å². The van der Waals surface area contributed by atoms with Gasteiger partial charge in [-0.1, -0.05) is 18.3 Å². The Morgan fingerprint density at radius 1 is 1.45 bits per heavy atom. The fourth-order valence-electron chi connectivity index (χ4n) is 1.98. The standard InChI is InChI=1S/C15H23N3OS/c1-5-11(2)18(3)9-8-16-15-17-13-7-6-12(19-4)10-14(13)20-15/h6-7,10-11H,5,8-9H2,1-4H3,(H,16,17). The van der Waals surface area contributed by atoms with Gasteiger partial charge in [0.2, 0.25) is 0 Å². The van der Waals surface area contributed by atoms with Crippen LogP contribution in [0, 0.1) is 0 Å². The molecule has 0 fully saturated rings. The summed E-state index contributed by atoms with van der Waals surface area (Å²) in [5, 5.41) is 4.38. The molecule has 1 aromatic heterocycles. The molecule has 1 heterocycles. The molecule has 1 atom stereocenters. The molecule has 1 unspecified atom stereocenters. The number of benzene rings is 1. The maximum Gasteiger partial charge on any atom is 0.183 e. The van der Waals surface area contributed by atoms with Gasteiger partial charge in [0.05, 0.1) is 17.3 Å². The number of hydrogen-bond donors (Lipinski definition) is 1. The van der Waals surface area contributed by atoms with Crippen molar-refractivity contribution in [3.63, 3.8) is 0 Å². The van der Waals surface area contributed by atoms with Crippen molar-refractivity contribution in [1.82, 2.24) is 9.88 Å². The summed E-state index contributed by atoms with van der Waals surface area (Å²) >= 11 is 1.67. The topological polar surface area (TPSA) is 37.4 Å². The molecule has 0 aliphatic rings. The Morgan fingerprint density at radius 3 is 2.95 bits per heavy atom. The van der Waals surface area contributed by atoms with Crippen LogP contribution >= 0.6 is 11.3 Å². The van der Waals surface area contributed by atoms with E-state index in [0.717, 1.165) is 34.2 Å². The van der Waals surface area contributed by atoms with Gasteiger partial charge in [-0.15, -0.1) is 0 Å². The van der Waals surface area contributed by atoms with Gasteiger partial charge in [0.1, 0.15) is 5.75 Å². The van der Waals surface area contributed by atoms with Gasteiger partial charge in [-0.2, -0.15) is 0 Å². The van der Waals surface area contributed by atoms with E-state index in [1.165, 1.54) is 6.42 Å². The second kappa shape index (κ2) is 6.90. The lowest BCUT2D eigenvalue weighted by molar-refractivity contribution is 0.261. The van der Waals surface area contributed by atoms with Crippen LogP contribution in [-0.2, 0) is 0 Å². The van der Waals surface area contributed by atoms with Crippen molar-refractivity contribution in [2.24, 2.45) is 0 Å². The first-order chi connectivity index (χ1) is 9.63. The molecule has 0 aliphatic carbocycles. The van der Waals surface area contributed by atoms with Crippen LogP contribution in [0.2, 0.25) is 0 Å². The maximum absolute atomic E-state index is 5.23. The second-order valence-corrected chi connectivity index (χ2v) is 6.05. The van der Waals surface area contributed by atoms with Gasteiger partial charge >= 0.3 is 0 Å². The Balaban J connectivity index is 1.93. The molecule has 1 aromatic carbocycles. The average molecular weight is 293 g/mol. The normalized spacial score (nSPS) is 12.8. The Kier molecular flexibility index (Phi) is 5.20. The quantitative estimate of drug-likeness (QED) is 0.848. The van der Waals surface area contributed by atoms with E-state index >= 15 is 0 Å². The van der Waals surface area contributed by atoms with E-state index in [1.807, 2.05) is 18.2 Å². The summed E-state index contributed by atoms with van der Waals surface area (Å²) in [6, 6.07) is 6.60. The van der Waals surface area contributed by atoms with Gasteiger partial charge in [0.15, 0.2) is 5.13 Å². The molecular weight excluding hydrogens is 270 g/mol. The number of nitrogens with zero attached hydrogens (tertiary/aromatic N) is 2. The molecule has 0 spiro atoms. The number of methoxy groups -OCH3 is 1. The molecule has 0 saturated carbocycles. The lowest BCUT2D eigenvalue weighted by atomic mass is 10.2. The zero-order chi connectivity index (χ0) is 14.5. The van der Waals surface area contributed by atoms with Crippen molar-refractivity contribution in [2.45, 2.75) is 26.3 Å². The average Bonchev–Trinajstić information content (AvgIpc) is 2.87. The van der Waals surface area contributed by atoms with Crippen molar-refractivity contribution in [3.8, 4) is 5.75 Å². The third kappa shape index (κ3) is 3.61. The highest BCUT2D eigenvalue weighted by molar-refractivity contribution is 7.22. The number of likely N-dealkylation sites (N-methyl/N-ethyl adjacent to an activating group) is 1. The molecule has 0 bridgehead atoms. The van der Waals surface area contributed by atoms with Gasteiger partial charge in [0.25, 0.3) is 0 Å². The molecule has 2 rings (SSSR count). The molecule has 0 saturated heterocycles. The van der Waals surface area contributed by atoms with Crippen molar-refractivity contribution in [3.05, 3.63) is 18.2 Å². The first-order valence-corrected chi connectivity index (χ1v) is 7.84. The molecule has 0 aliphatic heterocycles. The van der Waals surface area contributed by atoms with Crippen molar-refractivity contribution in [2.75, 3.05) is 32.6 Å². The molecule has 0 radical (unpaired) electrons. The van der Waals surface area contributed by atoms with E-state index in [-0.39, 0.29) is 0 Å². The van der Waals surface area contributed by atoms with E-state index in [0.29, 0.717) is 6.04 Å². The van der Waals surface area contributed by atoms with Crippen LogP contribution in [0.4, 0.5) is 5.13 Å². The monoisotopic (exact) mass is 293 g/mol. The SMILES string of the molecule is CCC(C)N(C)CCNc1nc2ccc(OC)cc2s1. The van der Waals surface area contributed by atoms with Crippen LogP contribution in [0.1, 0.15) is 20.3 Å². The van der Waals surface area contributed by atoms with Crippen LogP contribution < -0.4 is 10.1 Å². The maximum atomic E-state index is 5.23. The first kappa shape index (κ1) is 15.1. The Morgan fingerprint density at radius 2 is 2.25 bits per heavy atom. The van der Waals surface area contributed by atoms with Crippen molar-refractivity contribution >= 4 is 26.7 Å². The van der Waals surface area contributed by atoms with Gasteiger partial charge in [-0.3, -0.25) is 0 Å². The van der Waals surface area contributed by atoms with Crippen LogP contribution in [-0.4, -0.2) is 43.2 Å². The van der Waals surface area contributed by atoms with Crippen LogP contribution in [0.15, 0.2) is 18.2 Å². The Hall–Kier alpha value is -1.33. The molecular formula is C15H23N3OS. The predicted molar refractivity (Wildman–Crippen MR) is 87.0 cm³/mol. The minimum atomic E-state index is 0.622. The number of fused-ring (bicyclic) bond motifs is 1. The zero-order valence-electron chi connectivity index (χ0n) is 12.6. The fraction of sp³-hybridized carbons (Fsp3) is 0.533. The molecule has 4 nitrogen and oxygen atoms in total. The summed E-state index contributed by atoms with van der Waals surface area (Å²) in [4.78, 5) is 6.95. The van der Waals surface area contributed by atoms with E-state index < -0.39 is 0 Å². The number of ether oxygens (including phenoxy) is 1. The first-order valence-electron chi connectivity index (χ1n) is 7.02. The van der Waals surface area contributed by atoms with Crippen LogP contribution in [0.5, 0.6) is 5.75 Å². The lowest BCUT2D eigenvalue weighted by Gasteiger charge is -2.23. The van der Waals surface area contributed by atoms with E-state index in [4.69, 9.17) is 4.74 Å². The minimum Gasteiger partial charge on any atom is -0.497 e. The highest BCUT2D eigenvalue weighted by Gasteiger charge is 2.07. The number of anilines is 1. The van der Waals surface area contributed by atoms with E-state index in [2.05, 4.69) is 36.1 Å². The van der Waals surface area contributed by atoms with E-state index in [9.17, 15) is 0 Å². The smallest absolute Gasteiger partial charge is 0.183 e. The number of aromatic nitrogens is 1. The number of hydrogen-bond acceptors (Lipinski definition) is 5. The molecule has 0 amide bonds. The van der Waals surface area contributed by atoms with Gasteiger partial charge in [-0.25, -0.2) is 4.98 Å². The molecule has 5 heteroatoms.